The minimum atomic E-state index is -3.98. The lowest BCUT2D eigenvalue weighted by atomic mass is 10.1. The Kier molecular flexibility index (Phi) is 7.21. The molecule has 3 aromatic carbocycles. The van der Waals surface area contributed by atoms with Gasteiger partial charge in [-0.15, -0.1) is 0 Å². The molecule has 9 nitrogen and oxygen atoms in total. The number of carbonyl (C=O) groups excluding carboxylic acids is 1. The maximum absolute atomic E-state index is 12.4. The molecule has 0 saturated carbocycles. The molecular weight excluding hydrogens is 514 g/mol. The third-order valence-electron chi connectivity index (χ3n) is 6.45. The SMILES string of the molecule is CCc1nc2cc(-c3cnn(C)c3)ccc2n1-c1ccc(CCOC(=O)NS(=O)(=O)c2ccc(C)cc2)cc1. The van der Waals surface area contributed by atoms with Crippen LogP contribution in [0.2, 0.25) is 0 Å². The second kappa shape index (κ2) is 10.7. The van der Waals surface area contributed by atoms with E-state index in [1.807, 2.05) is 55.4 Å². The van der Waals surface area contributed by atoms with E-state index in [0.717, 1.165) is 51.2 Å². The van der Waals surface area contributed by atoms with Crippen molar-refractivity contribution in [3.63, 3.8) is 0 Å². The number of fused-ring (bicyclic) bond motifs is 1. The quantitative estimate of drug-likeness (QED) is 0.297. The van der Waals surface area contributed by atoms with Crippen molar-refractivity contribution in [2.45, 2.75) is 31.6 Å². The monoisotopic (exact) mass is 543 g/mol. The van der Waals surface area contributed by atoms with Crippen molar-refractivity contribution < 1.29 is 17.9 Å². The Morgan fingerprint density at radius 3 is 2.41 bits per heavy atom. The van der Waals surface area contributed by atoms with Crippen LogP contribution < -0.4 is 4.72 Å². The zero-order chi connectivity index (χ0) is 27.6. The largest absolute Gasteiger partial charge is 0.448 e. The molecule has 0 saturated heterocycles. The van der Waals surface area contributed by atoms with Gasteiger partial charge in [-0.05, 0) is 54.4 Å². The van der Waals surface area contributed by atoms with Gasteiger partial charge in [0.25, 0.3) is 10.0 Å². The molecule has 0 aliphatic heterocycles. The van der Waals surface area contributed by atoms with Crippen LogP contribution in [0.1, 0.15) is 23.9 Å². The first-order valence-corrected chi connectivity index (χ1v) is 14.1. The molecule has 39 heavy (non-hydrogen) atoms. The Hall–Kier alpha value is -4.44. The van der Waals surface area contributed by atoms with E-state index in [4.69, 9.17) is 9.72 Å². The lowest BCUT2D eigenvalue weighted by molar-refractivity contribution is 0.154. The van der Waals surface area contributed by atoms with E-state index in [1.54, 1.807) is 16.8 Å². The number of amides is 1. The van der Waals surface area contributed by atoms with Gasteiger partial charge in [0, 0.05) is 37.3 Å². The van der Waals surface area contributed by atoms with Crippen LogP contribution in [0.5, 0.6) is 0 Å². The summed E-state index contributed by atoms with van der Waals surface area (Å²) in [6, 6.07) is 20.4. The molecular formula is C29H29N5O4S. The van der Waals surface area contributed by atoms with Crippen molar-refractivity contribution in [3.8, 4) is 16.8 Å². The standard InChI is InChI=1S/C29H29N5O4S/c1-4-28-31-26-17-22(23-18-30-33(3)19-23)9-14-27(26)34(28)24-10-7-21(8-11-24)15-16-38-29(35)32-39(36,37)25-12-5-20(2)6-13-25/h5-14,17-19H,4,15-16H2,1-3H3,(H,32,35). The van der Waals surface area contributed by atoms with Crippen molar-refractivity contribution >= 4 is 27.1 Å². The van der Waals surface area contributed by atoms with E-state index in [2.05, 4.69) is 34.8 Å². The van der Waals surface area contributed by atoms with Crippen LogP contribution in [-0.4, -0.2) is 40.4 Å². The van der Waals surface area contributed by atoms with Crippen LogP contribution in [0, 0.1) is 6.92 Å². The van der Waals surface area contributed by atoms with E-state index in [1.165, 1.54) is 12.1 Å². The Bertz CT molecular complexity index is 1740. The maximum atomic E-state index is 12.4. The first-order valence-electron chi connectivity index (χ1n) is 12.6. The summed E-state index contributed by atoms with van der Waals surface area (Å²) in [5, 5.41) is 4.26. The fourth-order valence-electron chi connectivity index (χ4n) is 4.39. The van der Waals surface area contributed by atoms with Gasteiger partial charge in [-0.3, -0.25) is 9.25 Å². The van der Waals surface area contributed by atoms with Crippen LogP contribution in [0.25, 0.3) is 27.8 Å². The maximum Gasteiger partial charge on any atom is 0.421 e. The fraction of sp³-hybridized carbons (Fsp3) is 0.207. The van der Waals surface area contributed by atoms with Gasteiger partial charge in [0.15, 0.2) is 0 Å². The molecule has 0 bridgehead atoms. The summed E-state index contributed by atoms with van der Waals surface area (Å²) in [5.41, 5.74) is 6.89. The van der Waals surface area contributed by atoms with Gasteiger partial charge in [0.05, 0.1) is 28.7 Å². The number of rotatable bonds is 8. The predicted octanol–water partition coefficient (Wildman–Crippen LogP) is 4.95. The van der Waals surface area contributed by atoms with Crippen molar-refractivity contribution in [2.75, 3.05) is 6.61 Å². The molecule has 1 amide bonds. The Labute approximate surface area is 227 Å². The predicted molar refractivity (Wildman–Crippen MR) is 149 cm³/mol. The number of benzene rings is 3. The summed E-state index contributed by atoms with van der Waals surface area (Å²) in [4.78, 5) is 17.0. The molecule has 0 aliphatic rings. The molecule has 200 valence electrons. The number of sulfonamides is 1. The highest BCUT2D eigenvalue weighted by Gasteiger charge is 2.18. The van der Waals surface area contributed by atoms with Crippen LogP contribution in [0.15, 0.2) is 84.0 Å². The van der Waals surface area contributed by atoms with Gasteiger partial charge in [-0.1, -0.05) is 42.8 Å². The normalized spacial score (nSPS) is 11.6. The molecule has 5 rings (SSSR count). The summed E-state index contributed by atoms with van der Waals surface area (Å²) in [6.45, 7) is 3.97. The zero-order valence-electron chi connectivity index (χ0n) is 22.0. The van der Waals surface area contributed by atoms with E-state index in [-0.39, 0.29) is 11.5 Å². The minimum Gasteiger partial charge on any atom is -0.448 e. The van der Waals surface area contributed by atoms with E-state index in [9.17, 15) is 13.2 Å². The number of nitrogens with zero attached hydrogens (tertiary/aromatic N) is 4. The number of hydrogen-bond acceptors (Lipinski definition) is 6. The molecule has 0 unspecified atom stereocenters. The van der Waals surface area contributed by atoms with Crippen LogP contribution in [-0.2, 0) is 34.6 Å². The average molecular weight is 544 g/mol. The minimum absolute atomic E-state index is 0.00686. The van der Waals surface area contributed by atoms with Crippen molar-refractivity contribution in [1.82, 2.24) is 24.1 Å². The molecule has 0 aliphatic carbocycles. The lowest BCUT2D eigenvalue weighted by Gasteiger charge is -2.11. The van der Waals surface area contributed by atoms with Crippen molar-refractivity contribution in [1.29, 1.82) is 0 Å². The summed E-state index contributed by atoms with van der Waals surface area (Å²) in [7, 11) is -2.09. The molecule has 2 aromatic heterocycles. The Balaban J connectivity index is 1.24. The summed E-state index contributed by atoms with van der Waals surface area (Å²) >= 11 is 0. The van der Waals surface area contributed by atoms with Gasteiger partial charge in [-0.2, -0.15) is 5.10 Å². The molecule has 0 atom stereocenters. The van der Waals surface area contributed by atoms with Gasteiger partial charge in [0.2, 0.25) is 0 Å². The molecule has 1 N–H and O–H groups in total. The molecule has 10 heteroatoms. The summed E-state index contributed by atoms with van der Waals surface area (Å²) in [5.74, 6) is 0.955. The molecule has 0 radical (unpaired) electrons. The number of aromatic nitrogens is 4. The number of ether oxygens (including phenoxy) is 1. The zero-order valence-corrected chi connectivity index (χ0v) is 22.8. The summed E-state index contributed by atoms with van der Waals surface area (Å²) in [6.07, 6.45) is 4.03. The van der Waals surface area contributed by atoms with E-state index in [0.29, 0.717) is 6.42 Å². The highest BCUT2D eigenvalue weighted by molar-refractivity contribution is 7.90. The molecule has 0 fully saturated rings. The first kappa shape index (κ1) is 26.2. The van der Waals surface area contributed by atoms with Gasteiger partial charge >= 0.3 is 6.09 Å². The lowest BCUT2D eigenvalue weighted by Crippen LogP contribution is -2.31. The number of aryl methyl sites for hydroxylation is 3. The van der Waals surface area contributed by atoms with Gasteiger partial charge < -0.3 is 4.74 Å². The third kappa shape index (κ3) is 5.70. The summed E-state index contributed by atoms with van der Waals surface area (Å²) < 4.78 is 35.7. The van der Waals surface area contributed by atoms with E-state index < -0.39 is 16.1 Å². The Morgan fingerprint density at radius 1 is 1.00 bits per heavy atom. The number of nitrogens with one attached hydrogen (secondary N) is 1. The van der Waals surface area contributed by atoms with Crippen LogP contribution in [0.3, 0.4) is 0 Å². The number of carbonyl (C=O) groups is 1. The fourth-order valence-corrected chi connectivity index (χ4v) is 5.28. The highest BCUT2D eigenvalue weighted by Crippen LogP contribution is 2.27. The third-order valence-corrected chi connectivity index (χ3v) is 7.77. The number of hydrogen-bond donors (Lipinski definition) is 1. The Morgan fingerprint density at radius 2 is 1.74 bits per heavy atom. The second-order valence-electron chi connectivity index (χ2n) is 9.29. The topological polar surface area (TPSA) is 108 Å². The van der Waals surface area contributed by atoms with Gasteiger partial charge in [-0.25, -0.2) is 22.9 Å². The highest BCUT2D eigenvalue weighted by atomic mass is 32.2. The van der Waals surface area contributed by atoms with E-state index >= 15 is 0 Å². The molecule has 0 spiro atoms. The smallest absolute Gasteiger partial charge is 0.421 e. The average Bonchev–Trinajstić information content (AvgIpc) is 3.52. The van der Waals surface area contributed by atoms with Gasteiger partial charge in [0.1, 0.15) is 5.82 Å². The molecule has 2 heterocycles. The van der Waals surface area contributed by atoms with Crippen molar-refractivity contribution in [3.05, 3.63) is 96.1 Å². The van der Waals surface area contributed by atoms with Crippen molar-refractivity contribution in [2.24, 2.45) is 7.05 Å². The molecule has 5 aromatic rings. The van der Waals surface area contributed by atoms with Crippen LogP contribution >= 0.6 is 0 Å². The number of imidazole rings is 1. The van der Waals surface area contributed by atoms with Crippen LogP contribution in [0.4, 0.5) is 4.79 Å². The first-order chi connectivity index (χ1) is 18.7. The second-order valence-corrected chi connectivity index (χ2v) is 11.0.